The zero-order valence-electron chi connectivity index (χ0n) is 12.5. The van der Waals surface area contributed by atoms with Crippen molar-refractivity contribution in [3.05, 3.63) is 0 Å². The molecule has 0 aromatic rings. The third-order valence-electron chi connectivity index (χ3n) is 3.31. The molecule has 0 radical (unpaired) electrons. The molecule has 0 bridgehead atoms. The predicted molar refractivity (Wildman–Crippen MR) is 76.9 cm³/mol. The summed E-state index contributed by atoms with van der Waals surface area (Å²) in [6.07, 6.45) is 6.09. The first-order valence-electron chi connectivity index (χ1n) is 7.22. The lowest BCUT2D eigenvalue weighted by Crippen LogP contribution is -2.43. The molecule has 0 aliphatic rings. The van der Waals surface area contributed by atoms with E-state index < -0.39 is 0 Å². The van der Waals surface area contributed by atoms with E-state index in [4.69, 9.17) is 15.2 Å². The highest BCUT2D eigenvalue weighted by Gasteiger charge is 2.15. The number of nitrogens with two attached hydrogens (primary N) is 1. The summed E-state index contributed by atoms with van der Waals surface area (Å²) in [7, 11) is 3.50. The zero-order valence-corrected chi connectivity index (χ0v) is 12.5. The first-order chi connectivity index (χ1) is 8.79. The van der Waals surface area contributed by atoms with E-state index in [0.29, 0.717) is 6.04 Å². The van der Waals surface area contributed by atoms with Gasteiger partial charge in [-0.3, -0.25) is 4.90 Å². The summed E-state index contributed by atoms with van der Waals surface area (Å²) in [5.41, 5.74) is 5.92. The highest BCUT2D eigenvalue weighted by atomic mass is 16.5. The predicted octanol–water partition coefficient (Wildman–Crippen LogP) is 1.88. The molecule has 0 aliphatic heterocycles. The molecule has 0 saturated carbocycles. The van der Waals surface area contributed by atoms with Crippen molar-refractivity contribution in [3.8, 4) is 0 Å². The second kappa shape index (κ2) is 13.3. The molecule has 0 fully saturated rings. The summed E-state index contributed by atoms with van der Waals surface area (Å²) in [6, 6.07) is 0.489. The van der Waals surface area contributed by atoms with Crippen LogP contribution in [0.5, 0.6) is 0 Å². The molecule has 18 heavy (non-hydrogen) atoms. The summed E-state index contributed by atoms with van der Waals surface area (Å²) in [4.78, 5) is 2.46. The van der Waals surface area contributed by atoms with Crippen LogP contribution in [0, 0.1) is 0 Å². The third-order valence-corrected chi connectivity index (χ3v) is 3.31. The van der Waals surface area contributed by atoms with E-state index in [9.17, 15) is 0 Å². The van der Waals surface area contributed by atoms with Crippen LogP contribution in [-0.2, 0) is 9.47 Å². The largest absolute Gasteiger partial charge is 0.385 e. The minimum absolute atomic E-state index is 0.489. The second-order valence-corrected chi connectivity index (χ2v) is 4.76. The Morgan fingerprint density at radius 2 is 1.72 bits per heavy atom. The molecule has 110 valence electrons. The van der Waals surface area contributed by atoms with Crippen LogP contribution in [0.4, 0.5) is 0 Å². The second-order valence-electron chi connectivity index (χ2n) is 4.76. The molecule has 0 rings (SSSR count). The Morgan fingerprint density at radius 1 is 1.00 bits per heavy atom. The van der Waals surface area contributed by atoms with Gasteiger partial charge < -0.3 is 15.2 Å². The smallest absolute Gasteiger partial charge is 0.0589 e. The zero-order chi connectivity index (χ0) is 13.6. The van der Waals surface area contributed by atoms with Crippen LogP contribution in [0.3, 0.4) is 0 Å². The average Bonchev–Trinajstić information content (AvgIpc) is 2.39. The quantitative estimate of drug-likeness (QED) is 0.514. The highest BCUT2D eigenvalue weighted by molar-refractivity contribution is 4.73. The van der Waals surface area contributed by atoms with Crippen LogP contribution in [0.25, 0.3) is 0 Å². The molecule has 0 heterocycles. The van der Waals surface area contributed by atoms with Gasteiger partial charge in [0.15, 0.2) is 0 Å². The van der Waals surface area contributed by atoms with Crippen molar-refractivity contribution in [1.82, 2.24) is 4.90 Å². The van der Waals surface area contributed by atoms with Gasteiger partial charge in [-0.1, -0.05) is 26.2 Å². The van der Waals surface area contributed by atoms with Crippen molar-refractivity contribution < 1.29 is 9.47 Å². The van der Waals surface area contributed by atoms with Gasteiger partial charge in [-0.2, -0.15) is 0 Å². The monoisotopic (exact) mass is 260 g/mol. The Balaban J connectivity index is 4.09. The summed E-state index contributed by atoms with van der Waals surface area (Å²) in [6.45, 7) is 6.57. The molecule has 0 aromatic carbocycles. The van der Waals surface area contributed by atoms with Crippen molar-refractivity contribution >= 4 is 0 Å². The van der Waals surface area contributed by atoms with E-state index in [2.05, 4.69) is 11.8 Å². The third kappa shape index (κ3) is 8.86. The molecule has 0 saturated heterocycles. The maximum atomic E-state index is 5.92. The van der Waals surface area contributed by atoms with Gasteiger partial charge in [-0.15, -0.1) is 0 Å². The van der Waals surface area contributed by atoms with Crippen LogP contribution in [0.2, 0.25) is 0 Å². The number of hydrogen-bond acceptors (Lipinski definition) is 4. The van der Waals surface area contributed by atoms with Gasteiger partial charge in [0.25, 0.3) is 0 Å². The van der Waals surface area contributed by atoms with Crippen molar-refractivity contribution in [2.75, 3.05) is 47.1 Å². The molecule has 0 aliphatic carbocycles. The van der Waals surface area contributed by atoms with Crippen LogP contribution in [0.1, 0.15) is 39.0 Å². The standard InChI is InChI=1S/C14H32N2O2/c1-4-5-6-8-14(13-15)16(10-12-18-3)9-7-11-17-2/h14H,4-13,15H2,1-3H3. The lowest BCUT2D eigenvalue weighted by molar-refractivity contribution is 0.104. The number of methoxy groups -OCH3 is 2. The molecule has 4 nitrogen and oxygen atoms in total. The van der Waals surface area contributed by atoms with E-state index >= 15 is 0 Å². The van der Waals surface area contributed by atoms with Gasteiger partial charge in [0, 0.05) is 46.5 Å². The lowest BCUT2D eigenvalue weighted by atomic mass is 10.1. The van der Waals surface area contributed by atoms with Crippen LogP contribution in [-0.4, -0.2) is 58.0 Å². The fraction of sp³-hybridized carbons (Fsp3) is 1.00. The van der Waals surface area contributed by atoms with Gasteiger partial charge in [-0.25, -0.2) is 0 Å². The van der Waals surface area contributed by atoms with E-state index in [1.165, 1.54) is 25.7 Å². The Morgan fingerprint density at radius 3 is 2.28 bits per heavy atom. The van der Waals surface area contributed by atoms with E-state index in [1.54, 1.807) is 14.2 Å². The number of nitrogens with zero attached hydrogens (tertiary/aromatic N) is 1. The van der Waals surface area contributed by atoms with Gasteiger partial charge in [0.2, 0.25) is 0 Å². The summed E-state index contributed by atoms with van der Waals surface area (Å²) in [5.74, 6) is 0. The molecule has 4 heteroatoms. The maximum Gasteiger partial charge on any atom is 0.0589 e. The van der Waals surface area contributed by atoms with Crippen molar-refractivity contribution in [2.24, 2.45) is 5.73 Å². The number of ether oxygens (including phenoxy) is 2. The molecule has 0 spiro atoms. The normalized spacial score (nSPS) is 13.2. The van der Waals surface area contributed by atoms with Crippen molar-refractivity contribution in [1.29, 1.82) is 0 Å². The molecular weight excluding hydrogens is 228 g/mol. The summed E-state index contributed by atoms with van der Waals surface area (Å²) >= 11 is 0. The van der Waals surface area contributed by atoms with E-state index in [1.807, 2.05) is 0 Å². The Labute approximate surface area is 113 Å². The SMILES string of the molecule is CCCCCC(CN)N(CCCOC)CCOC. The van der Waals surface area contributed by atoms with Crippen LogP contribution in [0.15, 0.2) is 0 Å². The highest BCUT2D eigenvalue weighted by Crippen LogP contribution is 2.10. The van der Waals surface area contributed by atoms with E-state index in [-0.39, 0.29) is 0 Å². The average molecular weight is 260 g/mol. The van der Waals surface area contributed by atoms with Crippen LogP contribution < -0.4 is 5.73 Å². The molecule has 0 amide bonds. The number of rotatable bonds is 13. The fourth-order valence-electron chi connectivity index (χ4n) is 2.18. The van der Waals surface area contributed by atoms with Gasteiger partial charge in [0.1, 0.15) is 0 Å². The first-order valence-corrected chi connectivity index (χ1v) is 7.22. The lowest BCUT2D eigenvalue weighted by Gasteiger charge is -2.30. The summed E-state index contributed by atoms with van der Waals surface area (Å²) < 4.78 is 10.3. The molecule has 1 unspecified atom stereocenters. The van der Waals surface area contributed by atoms with Gasteiger partial charge >= 0.3 is 0 Å². The topological polar surface area (TPSA) is 47.7 Å². The van der Waals surface area contributed by atoms with E-state index in [0.717, 1.165) is 39.3 Å². The minimum Gasteiger partial charge on any atom is -0.385 e. The van der Waals surface area contributed by atoms with Gasteiger partial charge in [-0.05, 0) is 12.8 Å². The number of unbranched alkanes of at least 4 members (excludes halogenated alkanes) is 2. The molecule has 1 atom stereocenters. The minimum atomic E-state index is 0.489. The first kappa shape index (κ1) is 17.8. The number of hydrogen-bond donors (Lipinski definition) is 1. The fourth-order valence-corrected chi connectivity index (χ4v) is 2.18. The molecule has 2 N–H and O–H groups in total. The summed E-state index contributed by atoms with van der Waals surface area (Å²) in [5, 5.41) is 0. The Hall–Kier alpha value is -0.160. The maximum absolute atomic E-state index is 5.92. The van der Waals surface area contributed by atoms with Gasteiger partial charge in [0.05, 0.1) is 6.61 Å². The molecular formula is C14H32N2O2. The molecule has 0 aromatic heterocycles. The van der Waals surface area contributed by atoms with Crippen LogP contribution >= 0.6 is 0 Å². The Kier molecular flexibility index (Phi) is 13.2. The Bertz CT molecular complexity index is 168. The van der Waals surface area contributed by atoms with Crippen molar-refractivity contribution in [3.63, 3.8) is 0 Å². The van der Waals surface area contributed by atoms with Crippen molar-refractivity contribution in [2.45, 2.75) is 45.1 Å².